The molecule has 2 rings (SSSR count). The van der Waals surface area contributed by atoms with E-state index in [0.717, 1.165) is 13.1 Å². The quantitative estimate of drug-likeness (QED) is 0.733. The van der Waals surface area contributed by atoms with Crippen molar-refractivity contribution in [1.29, 1.82) is 0 Å². The number of hydrogen-bond donors (Lipinski definition) is 1. The Morgan fingerprint density at radius 3 is 2.93 bits per heavy atom. The third kappa shape index (κ3) is 2.46. The molecule has 0 aromatic carbocycles. The summed E-state index contributed by atoms with van der Waals surface area (Å²) in [7, 11) is 0. The van der Waals surface area contributed by atoms with Gasteiger partial charge < -0.3 is 10.1 Å². The molecule has 1 aliphatic rings. The van der Waals surface area contributed by atoms with Crippen molar-refractivity contribution in [2.45, 2.75) is 12.5 Å². The maximum absolute atomic E-state index is 12.5. The molecule has 0 aliphatic carbocycles. The zero-order valence-electron chi connectivity index (χ0n) is 7.74. The van der Waals surface area contributed by atoms with E-state index >= 15 is 0 Å². The third-order valence-electron chi connectivity index (χ3n) is 2.09. The standard InChI is InChI=1S/C9H12FN3O/c10-7-4-12-9(13-5-7)3-8-6-11-1-2-14-8/h4-5,8,11H,1-3,6H2/t8-/m1/s1. The second kappa shape index (κ2) is 4.43. The Morgan fingerprint density at radius 2 is 2.29 bits per heavy atom. The first kappa shape index (κ1) is 9.48. The number of morpholine rings is 1. The van der Waals surface area contributed by atoms with E-state index in [-0.39, 0.29) is 6.10 Å². The Kier molecular flexibility index (Phi) is 3.00. The van der Waals surface area contributed by atoms with Crippen molar-refractivity contribution >= 4 is 0 Å². The lowest BCUT2D eigenvalue weighted by molar-refractivity contribution is 0.0280. The van der Waals surface area contributed by atoms with Gasteiger partial charge in [-0.1, -0.05) is 0 Å². The van der Waals surface area contributed by atoms with Gasteiger partial charge in [-0.25, -0.2) is 14.4 Å². The molecular formula is C9H12FN3O. The Labute approximate surface area is 81.5 Å². The second-order valence-electron chi connectivity index (χ2n) is 3.22. The lowest BCUT2D eigenvalue weighted by Gasteiger charge is -2.22. The Hall–Kier alpha value is -1.07. The molecule has 1 atom stereocenters. The summed E-state index contributed by atoms with van der Waals surface area (Å²) in [5.74, 6) is 0.219. The van der Waals surface area contributed by atoms with Crippen molar-refractivity contribution in [3.63, 3.8) is 0 Å². The lowest BCUT2D eigenvalue weighted by atomic mass is 10.2. The fourth-order valence-electron chi connectivity index (χ4n) is 1.40. The van der Waals surface area contributed by atoms with Crippen molar-refractivity contribution in [1.82, 2.24) is 15.3 Å². The Morgan fingerprint density at radius 1 is 1.50 bits per heavy atom. The van der Waals surface area contributed by atoms with Gasteiger partial charge in [-0.15, -0.1) is 0 Å². The van der Waals surface area contributed by atoms with Crippen molar-refractivity contribution in [3.05, 3.63) is 24.0 Å². The van der Waals surface area contributed by atoms with Crippen LogP contribution in [0.25, 0.3) is 0 Å². The van der Waals surface area contributed by atoms with E-state index in [0.29, 0.717) is 18.9 Å². The molecule has 1 fully saturated rings. The Bertz CT molecular complexity index is 285. The average Bonchev–Trinajstić information content (AvgIpc) is 2.23. The molecule has 1 aliphatic heterocycles. The summed E-state index contributed by atoms with van der Waals surface area (Å²) in [4.78, 5) is 7.76. The van der Waals surface area contributed by atoms with Crippen LogP contribution in [0, 0.1) is 5.82 Å². The van der Waals surface area contributed by atoms with E-state index in [9.17, 15) is 4.39 Å². The molecule has 0 bridgehead atoms. The van der Waals surface area contributed by atoms with Gasteiger partial charge in [0.1, 0.15) is 5.82 Å². The monoisotopic (exact) mass is 197 g/mol. The molecule has 14 heavy (non-hydrogen) atoms. The van der Waals surface area contributed by atoms with Gasteiger partial charge in [-0.05, 0) is 0 Å². The topological polar surface area (TPSA) is 47.0 Å². The number of ether oxygens (including phenoxy) is 1. The second-order valence-corrected chi connectivity index (χ2v) is 3.22. The minimum Gasteiger partial charge on any atom is -0.375 e. The molecule has 0 radical (unpaired) electrons. The van der Waals surface area contributed by atoms with Crippen LogP contribution >= 0.6 is 0 Å². The number of nitrogens with one attached hydrogen (secondary N) is 1. The lowest BCUT2D eigenvalue weighted by Crippen LogP contribution is -2.39. The molecule has 0 spiro atoms. The fraction of sp³-hybridized carbons (Fsp3) is 0.556. The number of nitrogens with zero attached hydrogens (tertiary/aromatic N) is 2. The van der Waals surface area contributed by atoms with Gasteiger partial charge in [-0.3, -0.25) is 0 Å². The van der Waals surface area contributed by atoms with Crippen LogP contribution in [0.1, 0.15) is 5.82 Å². The van der Waals surface area contributed by atoms with Gasteiger partial charge in [0.25, 0.3) is 0 Å². The molecule has 1 saturated heterocycles. The van der Waals surface area contributed by atoms with Crippen LogP contribution in [-0.2, 0) is 11.2 Å². The van der Waals surface area contributed by atoms with Crippen LogP contribution in [0.2, 0.25) is 0 Å². The highest BCUT2D eigenvalue weighted by Crippen LogP contribution is 2.03. The van der Waals surface area contributed by atoms with Crippen molar-refractivity contribution in [2.24, 2.45) is 0 Å². The van der Waals surface area contributed by atoms with Crippen molar-refractivity contribution in [2.75, 3.05) is 19.7 Å². The zero-order valence-corrected chi connectivity index (χ0v) is 7.74. The minimum atomic E-state index is -0.406. The van der Waals surface area contributed by atoms with Crippen molar-refractivity contribution in [3.8, 4) is 0 Å². The highest BCUT2D eigenvalue weighted by atomic mass is 19.1. The summed E-state index contributed by atoms with van der Waals surface area (Å²) in [6, 6.07) is 0. The summed E-state index contributed by atoms with van der Waals surface area (Å²) in [6.07, 6.45) is 3.10. The fourth-order valence-corrected chi connectivity index (χ4v) is 1.40. The van der Waals surface area contributed by atoms with Gasteiger partial charge in [0.15, 0.2) is 5.82 Å². The third-order valence-corrected chi connectivity index (χ3v) is 2.09. The highest BCUT2D eigenvalue weighted by Gasteiger charge is 2.14. The van der Waals surface area contributed by atoms with Crippen LogP contribution in [0.15, 0.2) is 12.4 Å². The zero-order chi connectivity index (χ0) is 9.80. The first-order chi connectivity index (χ1) is 6.84. The summed E-state index contributed by atoms with van der Waals surface area (Å²) in [5, 5.41) is 3.21. The van der Waals surface area contributed by atoms with Gasteiger partial charge in [0.2, 0.25) is 0 Å². The molecule has 0 saturated carbocycles. The molecule has 1 aromatic heterocycles. The maximum Gasteiger partial charge on any atom is 0.159 e. The number of halogens is 1. The smallest absolute Gasteiger partial charge is 0.159 e. The molecule has 0 unspecified atom stereocenters. The largest absolute Gasteiger partial charge is 0.375 e. The first-order valence-electron chi connectivity index (χ1n) is 4.63. The van der Waals surface area contributed by atoms with Gasteiger partial charge in [0.05, 0.1) is 25.1 Å². The molecule has 1 N–H and O–H groups in total. The van der Waals surface area contributed by atoms with Crippen LogP contribution in [0.4, 0.5) is 4.39 Å². The number of aromatic nitrogens is 2. The molecule has 0 amide bonds. The van der Waals surface area contributed by atoms with Crippen LogP contribution in [0.5, 0.6) is 0 Å². The highest BCUT2D eigenvalue weighted by molar-refractivity contribution is 4.93. The van der Waals surface area contributed by atoms with E-state index < -0.39 is 5.82 Å². The summed E-state index contributed by atoms with van der Waals surface area (Å²) >= 11 is 0. The predicted molar refractivity (Wildman–Crippen MR) is 48.3 cm³/mol. The van der Waals surface area contributed by atoms with E-state index in [1.54, 1.807) is 0 Å². The molecule has 4 nitrogen and oxygen atoms in total. The van der Waals surface area contributed by atoms with E-state index in [1.807, 2.05) is 0 Å². The molecule has 76 valence electrons. The van der Waals surface area contributed by atoms with E-state index in [4.69, 9.17) is 4.74 Å². The summed E-state index contributed by atoms with van der Waals surface area (Å²) < 4.78 is 18.0. The Balaban J connectivity index is 1.92. The molecule has 5 heteroatoms. The van der Waals surface area contributed by atoms with E-state index in [1.165, 1.54) is 12.4 Å². The number of rotatable bonds is 2. The van der Waals surface area contributed by atoms with E-state index in [2.05, 4.69) is 15.3 Å². The minimum absolute atomic E-state index is 0.106. The first-order valence-corrected chi connectivity index (χ1v) is 4.63. The summed E-state index contributed by atoms with van der Waals surface area (Å²) in [6.45, 7) is 2.41. The SMILES string of the molecule is Fc1cnc(C[C@@H]2CNCCO2)nc1. The van der Waals surface area contributed by atoms with Crippen LogP contribution in [0.3, 0.4) is 0 Å². The normalized spacial score (nSPS) is 22.2. The molecule has 1 aromatic rings. The predicted octanol–water partition coefficient (Wildman–Crippen LogP) is 0.147. The summed E-state index contributed by atoms with van der Waals surface area (Å²) in [5.41, 5.74) is 0. The average molecular weight is 197 g/mol. The molecule has 2 heterocycles. The van der Waals surface area contributed by atoms with Gasteiger partial charge >= 0.3 is 0 Å². The van der Waals surface area contributed by atoms with Crippen molar-refractivity contribution < 1.29 is 9.13 Å². The van der Waals surface area contributed by atoms with Crippen LogP contribution < -0.4 is 5.32 Å². The van der Waals surface area contributed by atoms with Gasteiger partial charge in [0, 0.05) is 19.5 Å². The van der Waals surface area contributed by atoms with Gasteiger partial charge in [-0.2, -0.15) is 0 Å². The number of hydrogen-bond acceptors (Lipinski definition) is 4. The maximum atomic E-state index is 12.5. The molecular weight excluding hydrogens is 185 g/mol. The van der Waals surface area contributed by atoms with Crippen LogP contribution in [-0.4, -0.2) is 35.8 Å².